The maximum atomic E-state index is 14.2. The van der Waals surface area contributed by atoms with Crippen molar-refractivity contribution in [3.63, 3.8) is 0 Å². The van der Waals surface area contributed by atoms with Gasteiger partial charge in [0, 0.05) is 19.6 Å². The second-order valence-corrected chi connectivity index (χ2v) is 14.9. The maximum absolute atomic E-state index is 14.2. The third-order valence-electron chi connectivity index (χ3n) is 9.98. The van der Waals surface area contributed by atoms with Gasteiger partial charge in [-0.1, -0.05) is 61.9 Å². The minimum Gasteiger partial charge on any atom is -0.489 e. The summed E-state index contributed by atoms with van der Waals surface area (Å²) in [5.41, 5.74) is 3.67. The highest BCUT2D eigenvalue weighted by atomic mass is 16.7. The monoisotopic (exact) mass is 686 g/mol. The van der Waals surface area contributed by atoms with Gasteiger partial charge in [0.15, 0.2) is 17.8 Å². The molecule has 50 heavy (non-hydrogen) atoms. The molecule has 0 spiro atoms. The Labute approximate surface area is 295 Å². The summed E-state index contributed by atoms with van der Waals surface area (Å²) in [6.07, 6.45) is 0.108. The van der Waals surface area contributed by atoms with Gasteiger partial charge in [-0.3, -0.25) is 9.80 Å². The molecule has 3 aromatic carbocycles. The van der Waals surface area contributed by atoms with E-state index in [1.807, 2.05) is 43.0 Å². The van der Waals surface area contributed by atoms with Gasteiger partial charge in [0.25, 0.3) is 0 Å². The third-order valence-corrected chi connectivity index (χ3v) is 9.98. The fourth-order valence-corrected chi connectivity index (χ4v) is 7.75. The topological polar surface area (TPSA) is 88.2 Å². The summed E-state index contributed by atoms with van der Waals surface area (Å²) in [6, 6.07) is 22.4. The smallest absolute Gasteiger partial charge is 0.412 e. The number of hydrogen-bond acceptors (Lipinski definition) is 9. The van der Waals surface area contributed by atoms with Crippen LogP contribution in [-0.4, -0.2) is 79.3 Å². The molecule has 5 atom stereocenters. The van der Waals surface area contributed by atoms with Crippen LogP contribution in [0, 0.1) is 18.8 Å². The Morgan fingerprint density at radius 2 is 1.78 bits per heavy atom. The fraction of sp³-hybridized carbons (Fsp3) is 0.525. The third kappa shape index (κ3) is 7.89. The van der Waals surface area contributed by atoms with Crippen molar-refractivity contribution in [3.8, 4) is 17.2 Å². The predicted octanol–water partition coefficient (Wildman–Crippen LogP) is 6.71. The maximum Gasteiger partial charge on any atom is 0.412 e. The number of amides is 1. The molecule has 7 rings (SSSR count). The van der Waals surface area contributed by atoms with Crippen LogP contribution in [0.2, 0.25) is 0 Å². The van der Waals surface area contributed by atoms with Crippen LogP contribution in [0.4, 0.5) is 4.79 Å². The zero-order valence-corrected chi connectivity index (χ0v) is 29.8. The average molecular weight is 687 g/mol. The molecule has 3 saturated heterocycles. The Morgan fingerprint density at radius 1 is 0.980 bits per heavy atom. The quantitative estimate of drug-likeness (QED) is 0.206. The van der Waals surface area contributed by atoms with Gasteiger partial charge >= 0.3 is 6.09 Å². The molecule has 3 aromatic rings. The molecular formula is C40H50N2O8. The van der Waals surface area contributed by atoms with E-state index < -0.39 is 5.72 Å². The van der Waals surface area contributed by atoms with Gasteiger partial charge in [-0.15, -0.1) is 0 Å². The lowest BCUT2D eigenvalue weighted by Gasteiger charge is -2.34. The second kappa shape index (κ2) is 14.8. The number of carbonyl (C=O) groups is 1. The second-order valence-electron chi connectivity index (χ2n) is 14.9. The Kier molecular flexibility index (Phi) is 10.2. The Balaban J connectivity index is 1.11. The van der Waals surface area contributed by atoms with Crippen LogP contribution in [0.3, 0.4) is 0 Å². The van der Waals surface area contributed by atoms with Crippen molar-refractivity contribution in [2.45, 2.75) is 90.9 Å². The van der Waals surface area contributed by atoms with Crippen molar-refractivity contribution in [3.05, 3.63) is 89.0 Å². The summed E-state index contributed by atoms with van der Waals surface area (Å²) in [4.78, 5) is 18.4. The molecule has 0 radical (unpaired) electrons. The highest BCUT2D eigenvalue weighted by Gasteiger charge is 2.52. The number of benzene rings is 3. The molecule has 3 fully saturated rings. The van der Waals surface area contributed by atoms with Gasteiger partial charge in [0.2, 0.25) is 6.79 Å². The SMILES string of the molecule is Cc1cccc(COc2ccc(C[C@H]3[C@@H](CN(Cc4ccc5c(c4)OCO5)CC(C)C)OC(C)(C)N3C(=O)O[C@H]3CO[C@H]4OCC[C@H]43)cc2)c1. The molecule has 0 N–H and O–H groups in total. The molecule has 10 heteroatoms. The first kappa shape index (κ1) is 34.6. The molecule has 10 nitrogen and oxygen atoms in total. The van der Waals surface area contributed by atoms with Crippen LogP contribution in [0.25, 0.3) is 0 Å². The predicted molar refractivity (Wildman–Crippen MR) is 187 cm³/mol. The summed E-state index contributed by atoms with van der Waals surface area (Å²) in [6.45, 7) is 14.4. The molecule has 0 bridgehead atoms. The zero-order valence-electron chi connectivity index (χ0n) is 29.8. The molecule has 4 heterocycles. The van der Waals surface area contributed by atoms with Gasteiger partial charge in [0.1, 0.15) is 24.2 Å². The van der Waals surface area contributed by atoms with Crippen molar-refractivity contribution >= 4 is 6.09 Å². The number of ether oxygens (including phenoxy) is 7. The first-order chi connectivity index (χ1) is 24.1. The highest BCUT2D eigenvalue weighted by molar-refractivity contribution is 5.70. The standard InChI is InChI=1S/C40H50N2O8/c1-26(2)20-41(21-29-11-14-34-35(19-29)48-25-47-34)22-36-33(18-28-9-12-31(13-10-28)45-23-30-8-6-7-27(3)17-30)42(40(4,5)50-36)39(43)49-37-24-46-38-32(37)15-16-44-38/h6-14,17,19,26,32-33,36-38H,15-16,18,20-25H2,1-5H3/t32-,33-,36+,37-,38+/m0/s1. The summed E-state index contributed by atoms with van der Waals surface area (Å²) in [5, 5.41) is 0. The van der Waals surface area contributed by atoms with Crippen LogP contribution in [0.5, 0.6) is 17.2 Å². The summed E-state index contributed by atoms with van der Waals surface area (Å²) in [5.74, 6) is 2.82. The normalized spacial score (nSPS) is 25.0. The molecule has 0 unspecified atom stereocenters. The van der Waals surface area contributed by atoms with E-state index in [9.17, 15) is 4.79 Å². The Hall–Kier alpha value is -3.83. The molecular weight excluding hydrogens is 636 g/mol. The van der Waals surface area contributed by atoms with E-state index in [-0.39, 0.29) is 43.3 Å². The summed E-state index contributed by atoms with van der Waals surface area (Å²) in [7, 11) is 0. The molecule has 4 aliphatic rings. The Bertz CT molecular complexity index is 1630. The minimum atomic E-state index is -0.892. The fourth-order valence-electron chi connectivity index (χ4n) is 7.75. The van der Waals surface area contributed by atoms with Gasteiger partial charge in [-0.2, -0.15) is 0 Å². The largest absolute Gasteiger partial charge is 0.489 e. The van der Waals surface area contributed by atoms with E-state index >= 15 is 0 Å². The number of carbonyl (C=O) groups excluding carboxylic acids is 1. The van der Waals surface area contributed by atoms with Gasteiger partial charge < -0.3 is 33.2 Å². The van der Waals surface area contributed by atoms with Crippen LogP contribution in [0.15, 0.2) is 66.7 Å². The lowest BCUT2D eigenvalue weighted by Crippen LogP contribution is -2.51. The summed E-state index contributed by atoms with van der Waals surface area (Å²) < 4.78 is 41.9. The van der Waals surface area contributed by atoms with Crippen LogP contribution in [-0.2, 0) is 38.5 Å². The minimum absolute atomic E-state index is 0.0513. The first-order valence-electron chi connectivity index (χ1n) is 17.9. The van der Waals surface area contributed by atoms with Gasteiger partial charge in [-0.05, 0) is 80.5 Å². The lowest BCUT2D eigenvalue weighted by atomic mass is 9.99. The number of aryl methyl sites for hydroxylation is 1. The van der Waals surface area contributed by atoms with Crippen LogP contribution in [0.1, 0.15) is 56.4 Å². The zero-order chi connectivity index (χ0) is 34.8. The number of hydrogen-bond donors (Lipinski definition) is 0. The Morgan fingerprint density at radius 3 is 2.58 bits per heavy atom. The number of fused-ring (bicyclic) bond motifs is 2. The van der Waals surface area contributed by atoms with Crippen molar-refractivity contribution in [1.29, 1.82) is 0 Å². The molecule has 0 aliphatic carbocycles. The molecule has 1 amide bonds. The van der Waals surface area contributed by atoms with E-state index in [0.29, 0.717) is 45.2 Å². The number of rotatable bonds is 12. The molecule has 0 aromatic heterocycles. The van der Waals surface area contributed by atoms with E-state index in [1.54, 1.807) is 0 Å². The van der Waals surface area contributed by atoms with Crippen molar-refractivity contribution < 1.29 is 38.0 Å². The van der Waals surface area contributed by atoms with Crippen molar-refractivity contribution in [2.75, 3.05) is 33.1 Å². The van der Waals surface area contributed by atoms with Crippen LogP contribution < -0.4 is 14.2 Å². The van der Waals surface area contributed by atoms with E-state index in [2.05, 4.69) is 68.1 Å². The van der Waals surface area contributed by atoms with Crippen molar-refractivity contribution in [2.24, 2.45) is 11.8 Å². The van der Waals surface area contributed by atoms with Crippen molar-refractivity contribution in [1.82, 2.24) is 9.80 Å². The highest BCUT2D eigenvalue weighted by Crippen LogP contribution is 2.39. The first-order valence-corrected chi connectivity index (χ1v) is 17.9. The molecule has 268 valence electrons. The lowest BCUT2D eigenvalue weighted by molar-refractivity contribution is -0.0912. The average Bonchev–Trinajstić information content (AvgIpc) is 3.85. The van der Waals surface area contributed by atoms with Gasteiger partial charge in [0.05, 0.1) is 31.3 Å². The van der Waals surface area contributed by atoms with Crippen LogP contribution >= 0.6 is 0 Å². The van der Waals surface area contributed by atoms with E-state index in [0.717, 1.165) is 46.9 Å². The summed E-state index contributed by atoms with van der Waals surface area (Å²) >= 11 is 0. The molecule has 0 saturated carbocycles. The number of nitrogens with zero attached hydrogens (tertiary/aromatic N) is 2. The van der Waals surface area contributed by atoms with E-state index in [1.165, 1.54) is 5.56 Å². The molecule has 4 aliphatic heterocycles. The van der Waals surface area contributed by atoms with E-state index in [4.69, 9.17) is 33.2 Å². The van der Waals surface area contributed by atoms with Gasteiger partial charge in [-0.25, -0.2) is 4.79 Å².